The van der Waals surface area contributed by atoms with Crippen molar-refractivity contribution in [1.29, 1.82) is 0 Å². The molecule has 2 N–H and O–H groups in total. The third-order valence-electron chi connectivity index (χ3n) is 2.90. The summed E-state index contributed by atoms with van der Waals surface area (Å²) in [5.41, 5.74) is 5.85. The van der Waals surface area contributed by atoms with Gasteiger partial charge >= 0.3 is 0 Å². The molecule has 0 aliphatic heterocycles. The van der Waals surface area contributed by atoms with Gasteiger partial charge in [0.15, 0.2) is 11.6 Å². The fourth-order valence-corrected chi connectivity index (χ4v) is 1.81. The highest BCUT2D eigenvalue weighted by Crippen LogP contribution is 2.28. The Kier molecular flexibility index (Phi) is 3.78. The number of hydrogen-bond donors (Lipinski definition) is 1. The molecule has 0 fully saturated rings. The molecule has 3 nitrogen and oxygen atoms in total. The van der Waals surface area contributed by atoms with Gasteiger partial charge in [-0.2, -0.15) is 0 Å². The van der Waals surface area contributed by atoms with Crippen LogP contribution in [0.5, 0.6) is 0 Å². The summed E-state index contributed by atoms with van der Waals surface area (Å²) in [5, 5.41) is 0. The summed E-state index contributed by atoms with van der Waals surface area (Å²) in [7, 11) is 0. The molecule has 1 aromatic carbocycles. The molecule has 0 atom stereocenters. The molecule has 0 bridgehead atoms. The number of nitrogens with two attached hydrogens (primary N) is 1. The van der Waals surface area contributed by atoms with Crippen LogP contribution in [0.1, 0.15) is 19.8 Å². The van der Waals surface area contributed by atoms with Crippen molar-refractivity contribution in [3.05, 3.63) is 35.9 Å². The van der Waals surface area contributed by atoms with Crippen molar-refractivity contribution < 1.29 is 13.2 Å². The normalized spacial score (nSPS) is 10.9. The van der Waals surface area contributed by atoms with Crippen molar-refractivity contribution in [3.8, 4) is 11.3 Å². The Balaban J connectivity index is 2.42. The molecule has 0 saturated carbocycles. The van der Waals surface area contributed by atoms with Crippen molar-refractivity contribution in [2.75, 3.05) is 5.73 Å². The number of hydrogen-bond acceptors (Lipinski definition) is 2. The van der Waals surface area contributed by atoms with Gasteiger partial charge in [-0.1, -0.05) is 13.3 Å². The summed E-state index contributed by atoms with van der Waals surface area (Å²) in [6, 6.07) is 1.27. The minimum absolute atomic E-state index is 0.132. The molecule has 0 radical (unpaired) electrons. The van der Waals surface area contributed by atoms with Gasteiger partial charge in [-0.3, -0.25) is 0 Å². The zero-order chi connectivity index (χ0) is 14.0. The summed E-state index contributed by atoms with van der Waals surface area (Å²) in [5.74, 6) is -2.99. The quantitative estimate of drug-likeness (QED) is 0.865. The van der Waals surface area contributed by atoms with E-state index >= 15 is 0 Å². The van der Waals surface area contributed by atoms with E-state index in [-0.39, 0.29) is 17.1 Å². The standard InChI is InChI=1S/C13H14F3N3/c1-2-3-4-19-7-18-12(13(19)17)8-5-10(15)11(16)6-9(8)14/h5-7H,2-4,17H2,1H3. The Bertz CT molecular complexity index is 593. The third kappa shape index (κ3) is 2.57. The van der Waals surface area contributed by atoms with Crippen LogP contribution >= 0.6 is 0 Å². The Morgan fingerprint density at radius 2 is 1.84 bits per heavy atom. The fraction of sp³-hybridized carbons (Fsp3) is 0.308. The number of nitrogen functional groups attached to an aromatic ring is 1. The number of rotatable bonds is 4. The van der Waals surface area contributed by atoms with Crippen LogP contribution in [0.3, 0.4) is 0 Å². The minimum atomic E-state index is -1.23. The second kappa shape index (κ2) is 5.34. The highest BCUT2D eigenvalue weighted by atomic mass is 19.2. The molecule has 102 valence electrons. The van der Waals surface area contributed by atoms with E-state index in [2.05, 4.69) is 4.98 Å². The highest BCUT2D eigenvalue weighted by molar-refractivity contribution is 5.70. The summed E-state index contributed by atoms with van der Waals surface area (Å²) >= 11 is 0. The summed E-state index contributed by atoms with van der Waals surface area (Å²) in [4.78, 5) is 3.98. The molecular formula is C13H14F3N3. The maximum absolute atomic E-state index is 13.6. The lowest BCUT2D eigenvalue weighted by molar-refractivity contribution is 0.496. The van der Waals surface area contributed by atoms with Gasteiger partial charge in [-0.25, -0.2) is 18.2 Å². The number of aryl methyl sites for hydroxylation is 1. The van der Waals surface area contributed by atoms with Gasteiger partial charge in [0, 0.05) is 18.2 Å². The first-order valence-electron chi connectivity index (χ1n) is 6.00. The third-order valence-corrected chi connectivity index (χ3v) is 2.90. The fourth-order valence-electron chi connectivity index (χ4n) is 1.81. The van der Waals surface area contributed by atoms with E-state index in [0.29, 0.717) is 12.6 Å². The number of benzene rings is 1. The number of nitrogens with zero attached hydrogens (tertiary/aromatic N) is 2. The number of imidazole rings is 1. The van der Waals surface area contributed by atoms with Gasteiger partial charge < -0.3 is 10.3 Å². The Morgan fingerprint density at radius 1 is 1.16 bits per heavy atom. The van der Waals surface area contributed by atoms with Crippen LogP contribution in [0.2, 0.25) is 0 Å². The van der Waals surface area contributed by atoms with Crippen molar-refractivity contribution in [3.63, 3.8) is 0 Å². The van der Waals surface area contributed by atoms with Gasteiger partial charge in [0.25, 0.3) is 0 Å². The van der Waals surface area contributed by atoms with Crippen molar-refractivity contribution in [1.82, 2.24) is 9.55 Å². The molecule has 0 amide bonds. The van der Waals surface area contributed by atoms with Crippen LogP contribution in [0.15, 0.2) is 18.5 Å². The molecule has 1 aromatic heterocycles. The number of halogens is 3. The average Bonchev–Trinajstić information content (AvgIpc) is 2.73. The highest BCUT2D eigenvalue weighted by Gasteiger charge is 2.17. The van der Waals surface area contributed by atoms with Crippen LogP contribution < -0.4 is 5.73 Å². The number of anilines is 1. The first-order chi connectivity index (χ1) is 9.04. The van der Waals surface area contributed by atoms with Gasteiger partial charge in [0.1, 0.15) is 17.3 Å². The lowest BCUT2D eigenvalue weighted by Gasteiger charge is -2.06. The zero-order valence-electron chi connectivity index (χ0n) is 10.5. The van der Waals surface area contributed by atoms with E-state index in [4.69, 9.17) is 5.73 Å². The number of unbranched alkanes of at least 4 members (excludes halogenated alkanes) is 1. The molecule has 2 rings (SSSR count). The van der Waals surface area contributed by atoms with Gasteiger partial charge in [-0.05, 0) is 12.5 Å². The van der Waals surface area contributed by atoms with Crippen molar-refractivity contribution in [2.24, 2.45) is 0 Å². The second-order valence-corrected chi connectivity index (χ2v) is 4.27. The topological polar surface area (TPSA) is 43.8 Å². The first-order valence-corrected chi connectivity index (χ1v) is 6.00. The van der Waals surface area contributed by atoms with Gasteiger partial charge in [-0.15, -0.1) is 0 Å². The molecular weight excluding hydrogens is 255 g/mol. The second-order valence-electron chi connectivity index (χ2n) is 4.27. The smallest absolute Gasteiger partial charge is 0.161 e. The predicted octanol–water partition coefficient (Wildman–Crippen LogP) is 3.35. The van der Waals surface area contributed by atoms with Gasteiger partial charge in [0.2, 0.25) is 0 Å². The zero-order valence-corrected chi connectivity index (χ0v) is 10.5. The lowest BCUT2D eigenvalue weighted by atomic mass is 10.1. The molecule has 0 aliphatic carbocycles. The Labute approximate surface area is 108 Å². The Morgan fingerprint density at radius 3 is 2.53 bits per heavy atom. The van der Waals surface area contributed by atoms with Crippen LogP contribution in [-0.4, -0.2) is 9.55 Å². The van der Waals surface area contributed by atoms with E-state index in [1.54, 1.807) is 4.57 Å². The van der Waals surface area contributed by atoms with Crippen LogP contribution in [0.4, 0.5) is 19.0 Å². The minimum Gasteiger partial charge on any atom is -0.383 e. The maximum atomic E-state index is 13.6. The van der Waals surface area contributed by atoms with E-state index in [9.17, 15) is 13.2 Å². The predicted molar refractivity (Wildman–Crippen MR) is 66.9 cm³/mol. The van der Waals surface area contributed by atoms with Crippen LogP contribution in [-0.2, 0) is 6.54 Å². The molecule has 19 heavy (non-hydrogen) atoms. The SMILES string of the molecule is CCCCn1cnc(-c2cc(F)c(F)cc2F)c1N. The summed E-state index contributed by atoms with van der Waals surface area (Å²) < 4.78 is 41.4. The Hall–Kier alpha value is -1.98. The van der Waals surface area contributed by atoms with E-state index in [0.717, 1.165) is 18.9 Å². The monoisotopic (exact) mass is 269 g/mol. The molecule has 6 heteroatoms. The molecule has 2 aromatic rings. The number of aromatic nitrogens is 2. The molecule has 0 unspecified atom stereocenters. The average molecular weight is 269 g/mol. The van der Waals surface area contributed by atoms with Crippen LogP contribution in [0.25, 0.3) is 11.3 Å². The lowest BCUT2D eigenvalue weighted by Crippen LogP contribution is -2.02. The molecule has 0 spiro atoms. The molecule has 0 aliphatic rings. The summed E-state index contributed by atoms with van der Waals surface area (Å²) in [6.45, 7) is 2.68. The van der Waals surface area contributed by atoms with Crippen molar-refractivity contribution in [2.45, 2.75) is 26.3 Å². The van der Waals surface area contributed by atoms with Crippen LogP contribution in [0, 0.1) is 17.5 Å². The van der Waals surface area contributed by atoms with E-state index in [1.165, 1.54) is 6.33 Å². The maximum Gasteiger partial charge on any atom is 0.161 e. The molecule has 1 heterocycles. The molecule has 0 saturated heterocycles. The summed E-state index contributed by atoms with van der Waals surface area (Å²) in [6.07, 6.45) is 3.35. The first kappa shape index (κ1) is 13.5. The van der Waals surface area contributed by atoms with Crippen molar-refractivity contribution >= 4 is 5.82 Å². The van der Waals surface area contributed by atoms with E-state index < -0.39 is 17.5 Å². The van der Waals surface area contributed by atoms with Gasteiger partial charge in [0.05, 0.1) is 6.33 Å². The van der Waals surface area contributed by atoms with E-state index in [1.807, 2.05) is 6.92 Å². The largest absolute Gasteiger partial charge is 0.383 e.